The summed E-state index contributed by atoms with van der Waals surface area (Å²) < 4.78 is 26.9. The van der Waals surface area contributed by atoms with Crippen LogP contribution in [-0.4, -0.2) is 8.07 Å². The highest BCUT2D eigenvalue weighted by molar-refractivity contribution is 6.88. The van der Waals surface area contributed by atoms with E-state index in [9.17, 15) is 0 Å². The van der Waals surface area contributed by atoms with E-state index in [0.717, 1.165) is 61.0 Å². The maximum atomic E-state index is 9.16. The van der Waals surface area contributed by atoms with Crippen LogP contribution in [0.1, 0.15) is 58.9 Å². The lowest BCUT2D eigenvalue weighted by atomic mass is 9.84. The van der Waals surface area contributed by atoms with Crippen molar-refractivity contribution in [3.05, 3.63) is 83.6 Å². The van der Waals surface area contributed by atoms with Gasteiger partial charge in [-0.05, 0) is 52.6 Å². The lowest BCUT2D eigenvalue weighted by molar-refractivity contribution is -0.660. The molecule has 0 aliphatic rings. The van der Waals surface area contributed by atoms with Gasteiger partial charge in [0, 0.05) is 25.6 Å². The van der Waals surface area contributed by atoms with E-state index in [1.807, 2.05) is 39.8 Å². The molecule has 2 heterocycles. The molecule has 3 heteroatoms. The monoisotopic (exact) mass is 508 g/mol. The fraction of sp³-hybridized carbons (Fsp3) is 0.324. The molecule has 5 aromatic rings. The molecule has 0 amide bonds. The number of pyridine rings is 1. The van der Waals surface area contributed by atoms with Crippen molar-refractivity contribution in [3.8, 4) is 22.4 Å². The van der Waals surface area contributed by atoms with E-state index in [4.69, 9.17) is 7.16 Å². The molecule has 0 bridgehead atoms. The van der Waals surface area contributed by atoms with Gasteiger partial charge < -0.3 is 4.42 Å². The Balaban J connectivity index is 1.86. The van der Waals surface area contributed by atoms with Crippen LogP contribution in [0.5, 0.6) is 0 Å². The van der Waals surface area contributed by atoms with Gasteiger partial charge >= 0.3 is 0 Å². The summed E-state index contributed by atoms with van der Waals surface area (Å²) in [6.45, 7) is 17.0. The Bertz CT molecular complexity index is 1690. The number of hydrogen-bond acceptors (Lipinski definition) is 1. The average Bonchev–Trinajstić information content (AvgIpc) is 3.21. The summed E-state index contributed by atoms with van der Waals surface area (Å²) in [7, 11) is 0.381. The first-order valence-corrected chi connectivity index (χ1v) is 16.7. The number of hydrogen-bond donors (Lipinski definition) is 0. The van der Waals surface area contributed by atoms with Crippen molar-refractivity contribution in [3.63, 3.8) is 0 Å². The van der Waals surface area contributed by atoms with E-state index >= 15 is 0 Å². The second kappa shape index (κ2) is 9.29. The van der Waals surface area contributed by atoms with E-state index in [-0.39, 0.29) is 0 Å². The quantitative estimate of drug-likeness (QED) is 0.171. The van der Waals surface area contributed by atoms with Crippen LogP contribution < -0.4 is 9.75 Å². The Morgan fingerprint density at radius 2 is 1.46 bits per heavy atom. The number of para-hydroxylation sites is 1. The Kier molecular flexibility index (Phi) is 5.77. The number of fused-ring (bicyclic) bond motifs is 3. The minimum atomic E-state index is -1.69. The number of aryl methyl sites for hydroxylation is 2. The smallest absolute Gasteiger partial charge is 0.216 e. The second-order valence-electron chi connectivity index (χ2n) is 11.8. The van der Waals surface area contributed by atoms with Crippen molar-refractivity contribution in [1.82, 2.24) is 0 Å². The molecule has 0 saturated carbocycles. The minimum Gasteiger partial charge on any atom is -0.455 e. The van der Waals surface area contributed by atoms with Gasteiger partial charge in [0.1, 0.15) is 18.2 Å². The van der Waals surface area contributed by atoms with Gasteiger partial charge in [-0.25, -0.2) is 4.57 Å². The Morgan fingerprint density at radius 3 is 2.08 bits per heavy atom. The molecule has 0 spiro atoms. The van der Waals surface area contributed by atoms with E-state index in [2.05, 4.69) is 92.9 Å². The molecule has 3 aromatic carbocycles. The highest BCUT2D eigenvalue weighted by Crippen LogP contribution is 2.40. The van der Waals surface area contributed by atoms with E-state index in [1.165, 1.54) is 5.19 Å². The van der Waals surface area contributed by atoms with Crippen LogP contribution >= 0.6 is 0 Å². The lowest BCUT2D eigenvalue weighted by Crippen LogP contribution is -2.38. The van der Waals surface area contributed by atoms with Crippen molar-refractivity contribution < 1.29 is 11.7 Å². The molecule has 5 rings (SSSR count). The fourth-order valence-electron chi connectivity index (χ4n) is 5.35. The molecular formula is C34H40NOSi+. The molecular weight excluding hydrogens is 466 g/mol. The highest BCUT2D eigenvalue weighted by Gasteiger charge is 2.26. The Labute approximate surface area is 225 Å². The third kappa shape index (κ3) is 4.44. The van der Waals surface area contributed by atoms with Crippen molar-refractivity contribution in [1.29, 1.82) is 0 Å². The molecule has 0 unspecified atom stereocenters. The van der Waals surface area contributed by atoms with Crippen LogP contribution in [0.3, 0.4) is 0 Å². The zero-order chi connectivity index (χ0) is 28.5. The second-order valence-corrected chi connectivity index (χ2v) is 16.9. The van der Waals surface area contributed by atoms with Gasteiger partial charge in [0.25, 0.3) is 0 Å². The van der Waals surface area contributed by atoms with Crippen molar-refractivity contribution in [2.45, 2.75) is 66.0 Å². The molecule has 0 fully saturated rings. The number of rotatable bonds is 5. The van der Waals surface area contributed by atoms with Gasteiger partial charge in [-0.2, -0.15) is 0 Å². The van der Waals surface area contributed by atoms with Crippen LogP contribution in [0.25, 0.3) is 44.3 Å². The predicted octanol–water partition coefficient (Wildman–Crippen LogP) is 8.84. The summed E-state index contributed by atoms with van der Waals surface area (Å²) in [6, 6.07) is 21.4. The number of furan rings is 1. The SMILES string of the molecule is [2H]C(C)(C)c1cc([Si](C)(C)C)cc(C([2H])(C)C)c1-c1cc[n+](C)c(-c2c(C)ccc3c2oc2ccccc23)c1. The maximum absolute atomic E-state index is 9.16. The van der Waals surface area contributed by atoms with Crippen LogP contribution in [0, 0.1) is 6.92 Å². The van der Waals surface area contributed by atoms with E-state index in [0.29, 0.717) is 0 Å². The van der Waals surface area contributed by atoms with Crippen LogP contribution in [0.2, 0.25) is 19.6 Å². The molecule has 37 heavy (non-hydrogen) atoms. The van der Waals surface area contributed by atoms with Crippen LogP contribution in [0.4, 0.5) is 0 Å². The fourth-order valence-corrected chi connectivity index (χ4v) is 6.51. The third-order valence-corrected chi connectivity index (χ3v) is 9.55. The number of benzene rings is 3. The standard InChI is InChI=1S/C34H40NOSi/c1-21(2)28-19-25(37(7,8)9)20-29(22(3)4)33(28)24-16-17-35(6)30(18-24)32-23(5)14-15-27-26-12-10-11-13-31(26)36-34(27)32/h10-22H,1-9H3/q+1/i21D,22D. The van der Waals surface area contributed by atoms with Gasteiger partial charge in [-0.1, -0.05) is 95.0 Å². The third-order valence-electron chi connectivity index (χ3n) is 7.53. The first kappa shape index (κ1) is 23.0. The summed E-state index contributed by atoms with van der Waals surface area (Å²) >= 11 is 0. The lowest BCUT2D eigenvalue weighted by Gasteiger charge is -2.26. The van der Waals surface area contributed by atoms with Crippen LogP contribution in [0.15, 0.2) is 71.3 Å². The van der Waals surface area contributed by atoms with Crippen molar-refractivity contribution >= 4 is 35.2 Å². The van der Waals surface area contributed by atoms with Gasteiger partial charge in [0.15, 0.2) is 6.20 Å². The summed E-state index contributed by atoms with van der Waals surface area (Å²) in [4.78, 5) is 0. The zero-order valence-electron chi connectivity index (χ0n) is 25.7. The first-order valence-electron chi connectivity index (χ1n) is 14.2. The van der Waals surface area contributed by atoms with Gasteiger partial charge in [0.05, 0.1) is 13.6 Å². The van der Waals surface area contributed by atoms with Crippen LogP contribution in [-0.2, 0) is 7.05 Å². The molecule has 0 atom stereocenters. The topological polar surface area (TPSA) is 17.0 Å². The normalized spacial score (nSPS) is 13.8. The molecule has 2 nitrogen and oxygen atoms in total. The highest BCUT2D eigenvalue weighted by atomic mass is 28.3. The summed E-state index contributed by atoms with van der Waals surface area (Å²) in [5.41, 5.74) is 9.04. The predicted molar refractivity (Wildman–Crippen MR) is 162 cm³/mol. The van der Waals surface area contributed by atoms with E-state index in [1.54, 1.807) is 0 Å². The Hall–Kier alpha value is -3.17. The first-order chi connectivity index (χ1) is 18.1. The average molecular weight is 509 g/mol. The molecule has 0 saturated heterocycles. The van der Waals surface area contributed by atoms with Gasteiger partial charge in [0.2, 0.25) is 5.69 Å². The van der Waals surface area contributed by atoms with Crippen molar-refractivity contribution in [2.24, 2.45) is 7.05 Å². The molecule has 2 aromatic heterocycles. The molecule has 190 valence electrons. The number of aromatic nitrogens is 1. The molecule has 0 aliphatic carbocycles. The molecule has 0 N–H and O–H groups in total. The van der Waals surface area contributed by atoms with Gasteiger partial charge in [-0.15, -0.1) is 0 Å². The largest absolute Gasteiger partial charge is 0.455 e. The minimum absolute atomic E-state index is 0.822. The maximum Gasteiger partial charge on any atom is 0.216 e. The zero-order valence-corrected chi connectivity index (χ0v) is 24.7. The van der Waals surface area contributed by atoms with E-state index < -0.39 is 19.9 Å². The molecule has 0 aliphatic heterocycles. The van der Waals surface area contributed by atoms with Crippen molar-refractivity contribution in [2.75, 3.05) is 0 Å². The Morgan fingerprint density at radius 1 is 0.811 bits per heavy atom. The van der Waals surface area contributed by atoms with Gasteiger partial charge in [-0.3, -0.25) is 0 Å². The summed E-state index contributed by atoms with van der Waals surface area (Å²) in [5.74, 6) is -1.64. The summed E-state index contributed by atoms with van der Waals surface area (Å²) in [6.07, 6.45) is 2.10. The molecule has 0 radical (unpaired) electrons. The number of nitrogens with zero attached hydrogens (tertiary/aromatic N) is 1. The summed E-state index contributed by atoms with van der Waals surface area (Å²) in [5, 5.41) is 3.52.